The first kappa shape index (κ1) is 13.9. The summed E-state index contributed by atoms with van der Waals surface area (Å²) in [4.78, 5) is 0. The molecule has 1 unspecified atom stereocenters. The summed E-state index contributed by atoms with van der Waals surface area (Å²) in [6, 6.07) is 8.63. The number of nitrogens with one attached hydrogen (secondary N) is 1. The lowest BCUT2D eigenvalue weighted by atomic mass is 9.94. The predicted molar refractivity (Wildman–Crippen MR) is 85.3 cm³/mol. The standard InChI is InChI=1S/C18H25N/c1-12-11-13(2)17(14(12)3)15-9-7-8-10-16(15)19-18(4,5)6/h7-12,19H,1-6H3. The molecule has 1 aliphatic carbocycles. The first-order chi connectivity index (χ1) is 8.79. The summed E-state index contributed by atoms with van der Waals surface area (Å²) in [7, 11) is 0. The highest BCUT2D eigenvalue weighted by Crippen LogP contribution is 2.40. The SMILES string of the molecule is CC1=CC(C)C(C)=C1c1ccccc1NC(C)(C)C. The van der Waals surface area contributed by atoms with Gasteiger partial charge in [-0.05, 0) is 57.7 Å². The monoisotopic (exact) mass is 255 g/mol. The Kier molecular flexibility index (Phi) is 3.58. The highest BCUT2D eigenvalue weighted by Gasteiger charge is 2.21. The van der Waals surface area contributed by atoms with Gasteiger partial charge in [0, 0.05) is 16.8 Å². The van der Waals surface area contributed by atoms with Crippen LogP contribution >= 0.6 is 0 Å². The Morgan fingerprint density at radius 2 is 1.68 bits per heavy atom. The highest BCUT2D eigenvalue weighted by molar-refractivity contribution is 5.89. The van der Waals surface area contributed by atoms with Crippen molar-refractivity contribution in [3.63, 3.8) is 0 Å². The zero-order chi connectivity index (χ0) is 14.2. The van der Waals surface area contributed by atoms with Gasteiger partial charge in [0.2, 0.25) is 0 Å². The second kappa shape index (κ2) is 4.88. The van der Waals surface area contributed by atoms with Crippen LogP contribution in [0.4, 0.5) is 5.69 Å². The molecule has 1 aromatic rings. The average molecular weight is 255 g/mol. The molecular weight excluding hydrogens is 230 g/mol. The van der Waals surface area contributed by atoms with Crippen molar-refractivity contribution in [1.82, 2.24) is 0 Å². The van der Waals surface area contributed by atoms with Gasteiger partial charge < -0.3 is 5.32 Å². The van der Waals surface area contributed by atoms with E-state index < -0.39 is 0 Å². The number of rotatable bonds is 2. The van der Waals surface area contributed by atoms with E-state index in [1.165, 1.54) is 28.0 Å². The molecule has 0 aliphatic heterocycles. The molecule has 1 N–H and O–H groups in total. The average Bonchev–Trinajstić information content (AvgIpc) is 2.52. The zero-order valence-corrected chi connectivity index (χ0v) is 13.0. The number of hydrogen-bond acceptors (Lipinski definition) is 1. The van der Waals surface area contributed by atoms with Crippen LogP contribution < -0.4 is 5.32 Å². The molecule has 0 spiro atoms. The third kappa shape index (κ3) is 2.91. The summed E-state index contributed by atoms with van der Waals surface area (Å²) in [6.45, 7) is 13.3. The summed E-state index contributed by atoms with van der Waals surface area (Å²) in [6.07, 6.45) is 2.36. The Bertz CT molecular complexity index is 541. The van der Waals surface area contributed by atoms with E-state index in [1.54, 1.807) is 0 Å². The fourth-order valence-electron chi connectivity index (χ4n) is 2.76. The normalized spacial score (nSPS) is 19.7. The van der Waals surface area contributed by atoms with E-state index >= 15 is 0 Å². The molecule has 0 amide bonds. The van der Waals surface area contributed by atoms with Crippen molar-refractivity contribution in [2.24, 2.45) is 5.92 Å². The van der Waals surface area contributed by atoms with E-state index in [1.807, 2.05) is 0 Å². The molecular formula is C18H25N. The van der Waals surface area contributed by atoms with Crippen molar-refractivity contribution in [3.8, 4) is 0 Å². The van der Waals surface area contributed by atoms with Gasteiger partial charge in [-0.2, -0.15) is 0 Å². The number of benzene rings is 1. The number of hydrogen-bond donors (Lipinski definition) is 1. The van der Waals surface area contributed by atoms with Gasteiger partial charge in [0.15, 0.2) is 0 Å². The zero-order valence-electron chi connectivity index (χ0n) is 13.0. The summed E-state index contributed by atoms with van der Waals surface area (Å²) in [5.74, 6) is 0.553. The number of anilines is 1. The molecule has 1 atom stereocenters. The second-order valence-electron chi connectivity index (χ2n) is 6.62. The maximum absolute atomic E-state index is 3.62. The first-order valence-electron chi connectivity index (χ1n) is 7.07. The summed E-state index contributed by atoms with van der Waals surface area (Å²) in [5, 5.41) is 3.62. The molecule has 2 rings (SSSR count). The van der Waals surface area contributed by atoms with Crippen LogP contribution in [0.1, 0.15) is 47.1 Å². The molecule has 19 heavy (non-hydrogen) atoms. The minimum Gasteiger partial charge on any atom is -0.380 e. The molecule has 0 saturated heterocycles. The fraction of sp³-hybridized carbons (Fsp3) is 0.444. The van der Waals surface area contributed by atoms with E-state index in [-0.39, 0.29) is 5.54 Å². The van der Waals surface area contributed by atoms with Gasteiger partial charge in [-0.3, -0.25) is 0 Å². The van der Waals surface area contributed by atoms with Crippen molar-refractivity contribution < 1.29 is 0 Å². The topological polar surface area (TPSA) is 12.0 Å². The van der Waals surface area contributed by atoms with Crippen LogP contribution in [0, 0.1) is 5.92 Å². The molecule has 1 aliphatic rings. The molecule has 0 bridgehead atoms. The molecule has 1 aromatic carbocycles. The van der Waals surface area contributed by atoms with Crippen molar-refractivity contribution >= 4 is 11.3 Å². The Labute approximate surface area is 117 Å². The number of allylic oxidation sites excluding steroid dienone is 4. The largest absolute Gasteiger partial charge is 0.380 e. The molecule has 0 aromatic heterocycles. The van der Waals surface area contributed by atoms with Crippen molar-refractivity contribution in [2.75, 3.05) is 5.32 Å². The third-order valence-electron chi connectivity index (χ3n) is 3.68. The maximum Gasteiger partial charge on any atom is 0.0423 e. The van der Waals surface area contributed by atoms with Crippen LogP contribution in [0.5, 0.6) is 0 Å². The van der Waals surface area contributed by atoms with Crippen molar-refractivity contribution in [1.29, 1.82) is 0 Å². The minimum absolute atomic E-state index is 0.0758. The predicted octanol–water partition coefficient (Wildman–Crippen LogP) is 5.27. The summed E-state index contributed by atoms with van der Waals surface area (Å²) < 4.78 is 0. The van der Waals surface area contributed by atoms with Crippen molar-refractivity contribution in [3.05, 3.63) is 47.1 Å². The van der Waals surface area contributed by atoms with Crippen LogP contribution in [0.2, 0.25) is 0 Å². The second-order valence-corrected chi connectivity index (χ2v) is 6.62. The lowest BCUT2D eigenvalue weighted by Gasteiger charge is -2.25. The smallest absolute Gasteiger partial charge is 0.0423 e. The van der Waals surface area contributed by atoms with E-state index in [0.717, 1.165) is 0 Å². The minimum atomic E-state index is 0.0758. The molecule has 1 nitrogen and oxygen atoms in total. The van der Waals surface area contributed by atoms with Gasteiger partial charge in [-0.1, -0.05) is 36.8 Å². The molecule has 0 heterocycles. The van der Waals surface area contributed by atoms with Crippen LogP contribution in [0.15, 0.2) is 41.5 Å². The van der Waals surface area contributed by atoms with E-state index in [9.17, 15) is 0 Å². The molecule has 1 heteroatoms. The van der Waals surface area contributed by atoms with Gasteiger partial charge >= 0.3 is 0 Å². The van der Waals surface area contributed by atoms with Crippen LogP contribution in [-0.4, -0.2) is 5.54 Å². The van der Waals surface area contributed by atoms with Gasteiger partial charge in [0.25, 0.3) is 0 Å². The third-order valence-corrected chi connectivity index (χ3v) is 3.68. The van der Waals surface area contributed by atoms with Gasteiger partial charge in [0.05, 0.1) is 0 Å². The highest BCUT2D eigenvalue weighted by atomic mass is 15.0. The van der Waals surface area contributed by atoms with Gasteiger partial charge in [-0.25, -0.2) is 0 Å². The molecule has 0 radical (unpaired) electrons. The van der Waals surface area contributed by atoms with Crippen molar-refractivity contribution in [2.45, 2.75) is 47.1 Å². The van der Waals surface area contributed by atoms with E-state index in [4.69, 9.17) is 0 Å². The lowest BCUT2D eigenvalue weighted by molar-refractivity contribution is 0.634. The maximum atomic E-state index is 3.62. The first-order valence-corrected chi connectivity index (χ1v) is 7.07. The van der Waals surface area contributed by atoms with Crippen LogP contribution in [0.3, 0.4) is 0 Å². The lowest BCUT2D eigenvalue weighted by Crippen LogP contribution is -2.26. The van der Waals surface area contributed by atoms with E-state index in [2.05, 4.69) is 77.2 Å². The quantitative estimate of drug-likeness (QED) is 0.759. The molecule has 0 fully saturated rings. The Hall–Kier alpha value is -1.50. The Balaban J connectivity index is 2.50. The van der Waals surface area contributed by atoms with Crippen LogP contribution in [-0.2, 0) is 0 Å². The Morgan fingerprint density at radius 3 is 2.21 bits per heavy atom. The Morgan fingerprint density at radius 1 is 1.05 bits per heavy atom. The fourth-order valence-corrected chi connectivity index (χ4v) is 2.76. The summed E-state index contributed by atoms with van der Waals surface area (Å²) >= 11 is 0. The number of para-hydroxylation sites is 1. The van der Waals surface area contributed by atoms with Crippen LogP contribution in [0.25, 0.3) is 5.57 Å². The molecule has 0 saturated carbocycles. The van der Waals surface area contributed by atoms with E-state index in [0.29, 0.717) is 5.92 Å². The van der Waals surface area contributed by atoms with Gasteiger partial charge in [0.1, 0.15) is 0 Å². The summed E-state index contributed by atoms with van der Waals surface area (Å²) in [5.41, 5.74) is 6.92. The molecule has 102 valence electrons. The van der Waals surface area contributed by atoms with Gasteiger partial charge in [-0.15, -0.1) is 0 Å².